The Morgan fingerprint density at radius 2 is 2.04 bits per heavy atom. The molecule has 154 valence electrons. The van der Waals surface area contributed by atoms with E-state index in [1.807, 2.05) is 13.8 Å². The highest BCUT2D eigenvalue weighted by molar-refractivity contribution is 5.88. The zero-order valence-corrected chi connectivity index (χ0v) is 16.7. The number of carbonyl (C=O) groups excluding carboxylic acids is 2. The lowest BCUT2D eigenvalue weighted by atomic mass is 9.94. The Hall–Kier alpha value is -2.03. The molecule has 2 fully saturated rings. The lowest BCUT2D eigenvalue weighted by Crippen LogP contribution is -2.58. The molecule has 7 nitrogen and oxygen atoms in total. The van der Waals surface area contributed by atoms with Gasteiger partial charge in [-0.05, 0) is 31.5 Å². The van der Waals surface area contributed by atoms with Gasteiger partial charge in [0.1, 0.15) is 5.82 Å². The van der Waals surface area contributed by atoms with Crippen molar-refractivity contribution in [1.29, 1.82) is 0 Å². The highest BCUT2D eigenvalue weighted by Crippen LogP contribution is 2.26. The first-order valence-electron chi connectivity index (χ1n) is 9.88. The van der Waals surface area contributed by atoms with Crippen molar-refractivity contribution in [2.24, 2.45) is 5.92 Å². The zero-order chi connectivity index (χ0) is 20.3. The first kappa shape index (κ1) is 20.7. The minimum absolute atomic E-state index is 0.000918. The van der Waals surface area contributed by atoms with Crippen LogP contribution in [0, 0.1) is 11.7 Å². The first-order chi connectivity index (χ1) is 13.4. The molecule has 2 saturated heterocycles. The second kappa shape index (κ2) is 8.98. The lowest BCUT2D eigenvalue weighted by Gasteiger charge is -2.38. The van der Waals surface area contributed by atoms with Gasteiger partial charge in [-0.15, -0.1) is 0 Å². The van der Waals surface area contributed by atoms with E-state index in [1.165, 1.54) is 12.1 Å². The van der Waals surface area contributed by atoms with Crippen LogP contribution in [-0.4, -0.2) is 66.9 Å². The number of nitrogens with zero attached hydrogens (tertiary/aromatic N) is 2. The van der Waals surface area contributed by atoms with Crippen molar-refractivity contribution in [2.45, 2.75) is 38.4 Å². The topological polar surface area (TPSA) is 76.7 Å². The molecule has 1 aromatic carbocycles. The maximum absolute atomic E-state index is 13.2. The molecule has 3 N–H and O–H groups in total. The predicted octanol–water partition coefficient (Wildman–Crippen LogP) is 0.648. The van der Waals surface area contributed by atoms with E-state index in [0.29, 0.717) is 19.6 Å². The molecule has 3 unspecified atom stereocenters. The average molecular weight is 391 g/mol. The van der Waals surface area contributed by atoms with Crippen molar-refractivity contribution in [1.82, 2.24) is 26.0 Å². The first-order valence-corrected chi connectivity index (χ1v) is 9.88. The molecule has 0 radical (unpaired) electrons. The van der Waals surface area contributed by atoms with Crippen LogP contribution in [0.25, 0.3) is 0 Å². The van der Waals surface area contributed by atoms with E-state index in [9.17, 15) is 14.0 Å². The van der Waals surface area contributed by atoms with Crippen molar-refractivity contribution in [2.75, 3.05) is 33.2 Å². The van der Waals surface area contributed by atoms with Gasteiger partial charge < -0.3 is 10.2 Å². The van der Waals surface area contributed by atoms with Crippen LogP contribution in [0.1, 0.15) is 31.9 Å². The largest absolute Gasteiger partial charge is 0.353 e. The Labute approximate surface area is 165 Å². The molecule has 1 aromatic rings. The number of benzene rings is 1. The monoisotopic (exact) mass is 391 g/mol. The van der Waals surface area contributed by atoms with E-state index in [-0.39, 0.29) is 42.1 Å². The van der Waals surface area contributed by atoms with E-state index in [1.54, 1.807) is 24.1 Å². The number of hydrazine groups is 1. The van der Waals surface area contributed by atoms with Gasteiger partial charge in [0.05, 0.1) is 18.5 Å². The van der Waals surface area contributed by atoms with Gasteiger partial charge in [0.15, 0.2) is 0 Å². The standard InChI is InChI=1S/C20H30FN5O2/c1-13(2)26-9-8-22-20(28)17(26)10-18(27)25(3)12-15-11-23-24-19(15)14-4-6-16(21)7-5-14/h4-7,13,15,17,19,23-24H,8-12H2,1-3H3,(H,22,28). The predicted molar refractivity (Wildman–Crippen MR) is 105 cm³/mol. The number of rotatable bonds is 6. The summed E-state index contributed by atoms with van der Waals surface area (Å²) < 4.78 is 13.2. The molecule has 2 heterocycles. The minimum Gasteiger partial charge on any atom is -0.353 e. The van der Waals surface area contributed by atoms with Gasteiger partial charge in [-0.3, -0.25) is 19.9 Å². The Morgan fingerprint density at radius 3 is 2.71 bits per heavy atom. The van der Waals surface area contributed by atoms with Crippen LogP contribution in [0.4, 0.5) is 4.39 Å². The molecule has 2 aliphatic rings. The number of piperazine rings is 1. The third kappa shape index (κ3) is 4.68. The quantitative estimate of drug-likeness (QED) is 0.664. The summed E-state index contributed by atoms with van der Waals surface area (Å²) in [6, 6.07) is 6.22. The number of nitrogens with one attached hydrogen (secondary N) is 3. The van der Waals surface area contributed by atoms with E-state index < -0.39 is 6.04 Å². The molecule has 0 saturated carbocycles. The van der Waals surface area contributed by atoms with Gasteiger partial charge in [0.2, 0.25) is 11.8 Å². The molecule has 2 amide bonds. The van der Waals surface area contributed by atoms with Crippen molar-refractivity contribution < 1.29 is 14.0 Å². The molecule has 8 heteroatoms. The zero-order valence-electron chi connectivity index (χ0n) is 16.7. The molecule has 3 atom stereocenters. The highest BCUT2D eigenvalue weighted by atomic mass is 19.1. The summed E-state index contributed by atoms with van der Waals surface area (Å²) in [4.78, 5) is 28.9. The third-order valence-corrected chi connectivity index (χ3v) is 5.66. The Morgan fingerprint density at radius 1 is 1.32 bits per heavy atom. The van der Waals surface area contributed by atoms with Gasteiger partial charge in [-0.2, -0.15) is 0 Å². The number of carbonyl (C=O) groups is 2. The Bertz CT molecular complexity index is 696. The SMILES string of the molecule is CC(C)N1CCNC(=O)C1CC(=O)N(C)CC1CNNC1c1ccc(F)cc1. The van der Waals surface area contributed by atoms with E-state index >= 15 is 0 Å². The fraction of sp³-hybridized carbons (Fsp3) is 0.600. The van der Waals surface area contributed by atoms with Crippen LogP contribution in [0.2, 0.25) is 0 Å². The summed E-state index contributed by atoms with van der Waals surface area (Å²) in [5.41, 5.74) is 7.33. The van der Waals surface area contributed by atoms with Crippen LogP contribution in [0.15, 0.2) is 24.3 Å². The van der Waals surface area contributed by atoms with E-state index in [2.05, 4.69) is 21.1 Å². The van der Waals surface area contributed by atoms with Crippen LogP contribution in [0.3, 0.4) is 0 Å². The van der Waals surface area contributed by atoms with Crippen molar-refractivity contribution in [3.05, 3.63) is 35.6 Å². The number of halogens is 1. The highest BCUT2D eigenvalue weighted by Gasteiger charge is 2.35. The van der Waals surface area contributed by atoms with E-state index in [4.69, 9.17) is 0 Å². The van der Waals surface area contributed by atoms with Gasteiger partial charge in [-0.25, -0.2) is 9.82 Å². The van der Waals surface area contributed by atoms with Gasteiger partial charge in [-0.1, -0.05) is 12.1 Å². The smallest absolute Gasteiger partial charge is 0.237 e. The van der Waals surface area contributed by atoms with Crippen LogP contribution in [-0.2, 0) is 9.59 Å². The summed E-state index contributed by atoms with van der Waals surface area (Å²) in [5.74, 6) is -0.229. The maximum atomic E-state index is 13.2. The molecule has 0 spiro atoms. The fourth-order valence-electron chi connectivity index (χ4n) is 4.07. The molecule has 0 aromatic heterocycles. The van der Waals surface area contributed by atoms with Crippen molar-refractivity contribution >= 4 is 11.8 Å². The second-order valence-electron chi connectivity index (χ2n) is 7.93. The molecule has 28 heavy (non-hydrogen) atoms. The average Bonchev–Trinajstić information content (AvgIpc) is 3.11. The summed E-state index contributed by atoms with van der Waals surface area (Å²) in [5, 5.41) is 2.87. The Kier molecular flexibility index (Phi) is 6.64. The van der Waals surface area contributed by atoms with Gasteiger partial charge in [0.25, 0.3) is 0 Å². The van der Waals surface area contributed by atoms with E-state index in [0.717, 1.165) is 12.1 Å². The number of amides is 2. The van der Waals surface area contributed by atoms with Gasteiger partial charge in [0, 0.05) is 45.2 Å². The molecule has 0 aliphatic carbocycles. The molecule has 0 bridgehead atoms. The lowest BCUT2D eigenvalue weighted by molar-refractivity contribution is -0.139. The minimum atomic E-state index is -0.420. The normalized spacial score (nSPS) is 25.8. The fourth-order valence-corrected chi connectivity index (χ4v) is 4.07. The van der Waals surface area contributed by atoms with Crippen LogP contribution >= 0.6 is 0 Å². The van der Waals surface area contributed by atoms with Crippen LogP contribution in [0.5, 0.6) is 0 Å². The summed E-state index contributed by atoms with van der Waals surface area (Å²) in [7, 11) is 1.78. The molecular formula is C20H30FN5O2. The second-order valence-corrected chi connectivity index (χ2v) is 7.93. The molecule has 2 aliphatic heterocycles. The van der Waals surface area contributed by atoms with Crippen LogP contribution < -0.4 is 16.2 Å². The third-order valence-electron chi connectivity index (χ3n) is 5.66. The Balaban J connectivity index is 1.61. The molecule has 3 rings (SSSR count). The summed E-state index contributed by atoms with van der Waals surface area (Å²) in [6.07, 6.45) is 0.176. The van der Waals surface area contributed by atoms with Crippen molar-refractivity contribution in [3.8, 4) is 0 Å². The molecular weight excluding hydrogens is 361 g/mol. The number of hydrogen-bond donors (Lipinski definition) is 3. The van der Waals surface area contributed by atoms with Gasteiger partial charge >= 0.3 is 0 Å². The number of hydrogen-bond acceptors (Lipinski definition) is 5. The van der Waals surface area contributed by atoms with Crippen molar-refractivity contribution in [3.63, 3.8) is 0 Å². The summed E-state index contributed by atoms with van der Waals surface area (Å²) >= 11 is 0. The summed E-state index contributed by atoms with van der Waals surface area (Å²) in [6.45, 7) is 6.73. The maximum Gasteiger partial charge on any atom is 0.237 e.